The Morgan fingerprint density at radius 2 is 1.72 bits per heavy atom. The molecule has 1 amide bonds. The topological polar surface area (TPSA) is 86.1 Å². The molecule has 1 N–H and O–H groups in total. The maximum Gasteiger partial charge on any atom is 0.341 e. The second kappa shape index (κ2) is 11.1. The minimum Gasteiger partial charge on any atom is -0.465 e. The third-order valence-corrected chi connectivity index (χ3v) is 7.71. The lowest BCUT2D eigenvalue weighted by Crippen LogP contribution is -2.16. The molecule has 36 heavy (non-hydrogen) atoms. The number of aryl methyl sites for hydroxylation is 1. The molecule has 2 aromatic heterocycles. The first-order valence-corrected chi connectivity index (χ1v) is 13.3. The lowest BCUT2D eigenvalue weighted by Gasteiger charge is -2.08. The van der Waals surface area contributed by atoms with Gasteiger partial charge in [-0.1, -0.05) is 79.7 Å². The third kappa shape index (κ3) is 5.52. The molecule has 0 spiro atoms. The number of esters is 1. The van der Waals surface area contributed by atoms with Crippen LogP contribution in [0.25, 0.3) is 22.5 Å². The van der Waals surface area contributed by atoms with Crippen molar-refractivity contribution in [1.29, 1.82) is 0 Å². The fraction of sp³-hybridized carbons (Fsp3) is 0.259. The van der Waals surface area contributed by atoms with Crippen molar-refractivity contribution in [2.75, 3.05) is 18.2 Å². The number of amides is 1. The normalized spacial score (nSPS) is 11.1. The zero-order valence-electron chi connectivity index (χ0n) is 20.9. The Balaban J connectivity index is 1.46. The first kappa shape index (κ1) is 25.7. The number of carbonyl (C=O) groups is 2. The van der Waals surface area contributed by atoms with E-state index in [4.69, 9.17) is 4.74 Å². The molecule has 0 saturated heterocycles. The average molecular weight is 521 g/mol. The first-order valence-electron chi connectivity index (χ1n) is 11.5. The van der Waals surface area contributed by atoms with Crippen LogP contribution in [0.15, 0.2) is 59.1 Å². The van der Waals surface area contributed by atoms with Crippen LogP contribution < -0.4 is 5.32 Å². The largest absolute Gasteiger partial charge is 0.465 e. The molecule has 0 aliphatic rings. The van der Waals surface area contributed by atoms with Crippen LogP contribution in [0, 0.1) is 6.92 Å². The molecule has 7 nitrogen and oxygen atoms in total. The molecule has 0 atom stereocenters. The molecular weight excluding hydrogens is 492 g/mol. The molecule has 9 heteroatoms. The van der Waals surface area contributed by atoms with Gasteiger partial charge in [-0.05, 0) is 24.0 Å². The molecule has 0 unspecified atom stereocenters. The number of nitrogens with zero attached hydrogens (tertiary/aromatic N) is 3. The third-order valence-electron chi connectivity index (χ3n) is 5.80. The number of carbonyl (C=O) groups excluding carboxylic acids is 2. The van der Waals surface area contributed by atoms with Crippen LogP contribution in [-0.2, 0) is 16.6 Å². The SMILES string of the molecule is COC(=O)c1c(-c2ccc(C)cc2)csc1NC(=O)CSc1nnc(-c2ccc(C(C)C)cc2)n1C. The van der Waals surface area contributed by atoms with E-state index in [2.05, 4.69) is 41.5 Å². The highest BCUT2D eigenvalue weighted by molar-refractivity contribution is 7.99. The molecule has 186 valence electrons. The number of nitrogens with one attached hydrogen (secondary N) is 1. The van der Waals surface area contributed by atoms with Crippen LogP contribution in [0.4, 0.5) is 5.00 Å². The van der Waals surface area contributed by atoms with Crippen LogP contribution in [0.2, 0.25) is 0 Å². The molecule has 4 aromatic rings. The van der Waals surface area contributed by atoms with E-state index in [0.717, 1.165) is 28.1 Å². The van der Waals surface area contributed by atoms with Gasteiger partial charge in [0.2, 0.25) is 5.91 Å². The van der Waals surface area contributed by atoms with E-state index in [0.29, 0.717) is 21.6 Å². The van der Waals surface area contributed by atoms with Crippen molar-refractivity contribution in [3.05, 3.63) is 70.6 Å². The Morgan fingerprint density at radius 3 is 2.36 bits per heavy atom. The standard InChI is InChI=1S/C27H28N4O3S2/c1-16(2)18-10-12-20(13-11-18)24-29-30-27(31(24)4)36-15-22(32)28-25-23(26(33)34-5)21(14-35-25)19-8-6-17(3)7-9-19/h6-14,16H,15H2,1-5H3,(H,28,32). The van der Waals surface area contributed by atoms with Crippen molar-refractivity contribution < 1.29 is 14.3 Å². The summed E-state index contributed by atoms with van der Waals surface area (Å²) in [5.74, 6) is 0.585. The van der Waals surface area contributed by atoms with Crippen LogP contribution >= 0.6 is 23.1 Å². The highest BCUT2D eigenvalue weighted by Crippen LogP contribution is 2.36. The predicted octanol–water partition coefficient (Wildman–Crippen LogP) is 6.16. The fourth-order valence-corrected chi connectivity index (χ4v) is 5.39. The van der Waals surface area contributed by atoms with Crippen molar-refractivity contribution in [1.82, 2.24) is 14.8 Å². The molecule has 0 fully saturated rings. The number of thioether (sulfide) groups is 1. The van der Waals surface area contributed by atoms with Crippen molar-refractivity contribution in [3.8, 4) is 22.5 Å². The van der Waals surface area contributed by atoms with E-state index in [-0.39, 0.29) is 11.7 Å². The van der Waals surface area contributed by atoms with E-state index in [1.807, 2.05) is 60.3 Å². The molecule has 4 rings (SSSR count). The lowest BCUT2D eigenvalue weighted by molar-refractivity contribution is -0.113. The number of aromatic nitrogens is 3. The summed E-state index contributed by atoms with van der Waals surface area (Å²) in [6.45, 7) is 6.32. The highest BCUT2D eigenvalue weighted by atomic mass is 32.2. The first-order chi connectivity index (χ1) is 17.3. The van der Waals surface area contributed by atoms with Gasteiger partial charge in [0.15, 0.2) is 11.0 Å². The molecular formula is C27H28N4O3S2. The second-order valence-corrected chi connectivity index (χ2v) is 10.5. The van der Waals surface area contributed by atoms with Gasteiger partial charge in [-0.2, -0.15) is 0 Å². The number of benzene rings is 2. The molecule has 0 bridgehead atoms. The van der Waals surface area contributed by atoms with E-state index in [1.54, 1.807) is 0 Å². The van der Waals surface area contributed by atoms with Crippen LogP contribution in [0.3, 0.4) is 0 Å². The van der Waals surface area contributed by atoms with Crippen molar-refractivity contribution in [2.45, 2.75) is 31.8 Å². The molecule has 2 heterocycles. The summed E-state index contributed by atoms with van der Waals surface area (Å²) in [6, 6.07) is 16.1. The molecule has 0 aliphatic carbocycles. The number of anilines is 1. The van der Waals surface area contributed by atoms with E-state index in [1.165, 1.54) is 35.8 Å². The maximum absolute atomic E-state index is 12.8. The van der Waals surface area contributed by atoms with E-state index < -0.39 is 5.97 Å². The van der Waals surface area contributed by atoms with Crippen molar-refractivity contribution >= 4 is 40.0 Å². The number of rotatable bonds is 8. The maximum atomic E-state index is 12.8. The van der Waals surface area contributed by atoms with Gasteiger partial charge in [0.25, 0.3) is 0 Å². The van der Waals surface area contributed by atoms with Gasteiger partial charge >= 0.3 is 5.97 Å². The molecule has 0 aliphatic heterocycles. The highest BCUT2D eigenvalue weighted by Gasteiger charge is 2.23. The fourth-order valence-electron chi connectivity index (χ4n) is 3.70. The minimum atomic E-state index is -0.490. The van der Waals surface area contributed by atoms with Gasteiger partial charge in [0, 0.05) is 23.6 Å². The zero-order valence-corrected chi connectivity index (χ0v) is 22.5. The summed E-state index contributed by atoms with van der Waals surface area (Å²) < 4.78 is 6.88. The Hall–Kier alpha value is -3.43. The summed E-state index contributed by atoms with van der Waals surface area (Å²) in [5, 5.41) is 14.4. The van der Waals surface area contributed by atoms with Gasteiger partial charge in [-0.15, -0.1) is 21.5 Å². The summed E-state index contributed by atoms with van der Waals surface area (Å²) in [7, 11) is 3.22. The quantitative estimate of drug-likeness (QED) is 0.221. The van der Waals surface area contributed by atoms with Gasteiger partial charge < -0.3 is 14.6 Å². The number of hydrogen-bond donors (Lipinski definition) is 1. The predicted molar refractivity (Wildman–Crippen MR) is 146 cm³/mol. The van der Waals surface area contributed by atoms with E-state index >= 15 is 0 Å². The molecule has 0 saturated carbocycles. The molecule has 2 aromatic carbocycles. The monoisotopic (exact) mass is 520 g/mol. The Labute approximate surface area is 218 Å². The van der Waals surface area contributed by atoms with E-state index in [9.17, 15) is 9.59 Å². The number of hydrogen-bond acceptors (Lipinski definition) is 7. The van der Waals surface area contributed by atoms with Gasteiger partial charge in [-0.25, -0.2) is 4.79 Å². The Kier molecular flexibility index (Phi) is 7.91. The average Bonchev–Trinajstić information content (AvgIpc) is 3.46. The van der Waals surface area contributed by atoms with Gasteiger partial charge in [0.05, 0.1) is 12.9 Å². The van der Waals surface area contributed by atoms with Gasteiger partial charge in [-0.3, -0.25) is 4.79 Å². The summed E-state index contributed by atoms with van der Waals surface area (Å²) >= 11 is 2.59. The zero-order chi connectivity index (χ0) is 25.8. The van der Waals surface area contributed by atoms with Crippen molar-refractivity contribution in [3.63, 3.8) is 0 Å². The number of ether oxygens (including phenoxy) is 1. The smallest absolute Gasteiger partial charge is 0.341 e. The minimum absolute atomic E-state index is 0.122. The lowest BCUT2D eigenvalue weighted by atomic mass is 10.0. The Morgan fingerprint density at radius 1 is 1.06 bits per heavy atom. The number of thiophene rings is 1. The summed E-state index contributed by atoms with van der Waals surface area (Å²) in [5.41, 5.74) is 5.33. The van der Waals surface area contributed by atoms with Crippen LogP contribution in [0.5, 0.6) is 0 Å². The van der Waals surface area contributed by atoms with Crippen molar-refractivity contribution in [2.24, 2.45) is 7.05 Å². The van der Waals surface area contributed by atoms with Gasteiger partial charge in [0.1, 0.15) is 10.6 Å². The summed E-state index contributed by atoms with van der Waals surface area (Å²) in [4.78, 5) is 25.4. The van der Waals surface area contributed by atoms with Crippen LogP contribution in [-0.4, -0.2) is 39.5 Å². The van der Waals surface area contributed by atoms with Crippen LogP contribution in [0.1, 0.15) is 41.3 Å². The Bertz CT molecular complexity index is 1370. The number of methoxy groups -OCH3 is 1. The second-order valence-electron chi connectivity index (χ2n) is 8.69. The summed E-state index contributed by atoms with van der Waals surface area (Å²) in [6.07, 6.45) is 0. The molecule has 0 radical (unpaired) electrons.